The molecular formula is C27H21IN2O6S. The van der Waals surface area contributed by atoms with E-state index in [1.165, 1.54) is 13.2 Å². The van der Waals surface area contributed by atoms with Gasteiger partial charge in [0.1, 0.15) is 6.54 Å². The number of hydrogen-bond donors (Lipinski definition) is 1. The van der Waals surface area contributed by atoms with Gasteiger partial charge in [0.05, 0.1) is 17.6 Å². The monoisotopic (exact) mass is 628 g/mol. The van der Waals surface area contributed by atoms with Crippen molar-refractivity contribution in [1.29, 1.82) is 0 Å². The summed E-state index contributed by atoms with van der Waals surface area (Å²) in [5.41, 5.74) is 2.60. The van der Waals surface area contributed by atoms with Gasteiger partial charge in [-0.1, -0.05) is 35.9 Å². The number of carbonyl (C=O) groups excluding carboxylic acids is 4. The number of hydrogen-bond acceptors (Lipinski definition) is 7. The summed E-state index contributed by atoms with van der Waals surface area (Å²) in [4.78, 5) is 51.3. The first-order valence-electron chi connectivity index (χ1n) is 11.0. The molecule has 0 atom stereocenters. The van der Waals surface area contributed by atoms with Crippen molar-refractivity contribution in [1.82, 2.24) is 4.90 Å². The predicted molar refractivity (Wildman–Crippen MR) is 150 cm³/mol. The zero-order valence-corrected chi connectivity index (χ0v) is 22.8. The molecule has 0 radical (unpaired) electrons. The Labute approximate surface area is 231 Å². The lowest BCUT2D eigenvalue weighted by Crippen LogP contribution is -2.36. The lowest BCUT2D eigenvalue weighted by Gasteiger charge is -2.12. The van der Waals surface area contributed by atoms with Crippen LogP contribution in [0.15, 0.2) is 71.6 Å². The standard InChI is InChI=1S/C27H21IN2O6S/c1-16-7-10-18(11-8-16)29-24(31)15-30-25(32)23(37-27(30)34)14-17-9-12-21(22(13-17)35-2)36-26(33)19-5-3-4-6-20(19)28/h3-14H,15H2,1-2H3,(H,29,31)/b23-14-. The number of benzene rings is 3. The second-order valence-electron chi connectivity index (χ2n) is 7.96. The van der Waals surface area contributed by atoms with Crippen LogP contribution in [0.3, 0.4) is 0 Å². The summed E-state index contributed by atoms with van der Waals surface area (Å²) in [5.74, 6) is -1.08. The highest BCUT2D eigenvalue weighted by atomic mass is 127. The number of nitrogens with one attached hydrogen (secondary N) is 1. The van der Waals surface area contributed by atoms with Crippen LogP contribution in [0.2, 0.25) is 0 Å². The van der Waals surface area contributed by atoms with Crippen molar-refractivity contribution in [2.24, 2.45) is 0 Å². The summed E-state index contributed by atoms with van der Waals surface area (Å²) in [7, 11) is 1.43. The zero-order chi connectivity index (χ0) is 26.5. The first-order chi connectivity index (χ1) is 17.7. The fourth-order valence-electron chi connectivity index (χ4n) is 3.41. The molecule has 0 aromatic heterocycles. The smallest absolute Gasteiger partial charge is 0.344 e. The first-order valence-corrected chi connectivity index (χ1v) is 12.9. The molecule has 0 aliphatic carbocycles. The number of imide groups is 1. The molecule has 8 nitrogen and oxygen atoms in total. The molecule has 37 heavy (non-hydrogen) atoms. The highest BCUT2D eigenvalue weighted by molar-refractivity contribution is 14.1. The Kier molecular flexibility index (Phi) is 8.29. The highest BCUT2D eigenvalue weighted by Gasteiger charge is 2.36. The molecule has 0 bridgehead atoms. The summed E-state index contributed by atoms with van der Waals surface area (Å²) in [5, 5.41) is 2.14. The van der Waals surface area contributed by atoms with E-state index in [1.807, 2.05) is 25.1 Å². The summed E-state index contributed by atoms with van der Waals surface area (Å²) < 4.78 is 11.6. The van der Waals surface area contributed by atoms with Crippen molar-refractivity contribution in [3.8, 4) is 11.5 Å². The Morgan fingerprint density at radius 3 is 2.46 bits per heavy atom. The van der Waals surface area contributed by atoms with Crippen LogP contribution < -0.4 is 14.8 Å². The average Bonchev–Trinajstić information content (AvgIpc) is 3.13. The van der Waals surface area contributed by atoms with Gasteiger partial charge in [0.25, 0.3) is 11.1 Å². The number of nitrogens with zero attached hydrogens (tertiary/aromatic N) is 1. The van der Waals surface area contributed by atoms with E-state index in [0.29, 0.717) is 16.8 Å². The lowest BCUT2D eigenvalue weighted by atomic mass is 10.1. The minimum absolute atomic E-state index is 0.166. The van der Waals surface area contributed by atoms with E-state index in [0.717, 1.165) is 25.8 Å². The second kappa shape index (κ2) is 11.6. The number of halogens is 1. The second-order valence-corrected chi connectivity index (χ2v) is 10.1. The number of esters is 1. The van der Waals surface area contributed by atoms with Gasteiger partial charge in [0.2, 0.25) is 5.91 Å². The van der Waals surface area contributed by atoms with E-state index >= 15 is 0 Å². The van der Waals surface area contributed by atoms with Crippen LogP contribution in [0.5, 0.6) is 11.5 Å². The Bertz CT molecular complexity index is 1420. The molecule has 3 aromatic rings. The normalized spacial score (nSPS) is 14.1. The van der Waals surface area contributed by atoms with Crippen LogP contribution in [0.1, 0.15) is 21.5 Å². The van der Waals surface area contributed by atoms with Crippen LogP contribution in [-0.4, -0.2) is 41.6 Å². The summed E-state index contributed by atoms with van der Waals surface area (Å²) >= 11 is 2.80. The SMILES string of the molecule is COc1cc(/C=C2\SC(=O)N(CC(=O)Nc3ccc(C)cc3)C2=O)ccc1OC(=O)c1ccccc1I. The lowest BCUT2D eigenvalue weighted by molar-refractivity contribution is -0.127. The van der Waals surface area contributed by atoms with Crippen LogP contribution >= 0.6 is 34.4 Å². The number of thioether (sulfide) groups is 1. The number of carbonyl (C=O) groups is 4. The van der Waals surface area contributed by atoms with E-state index in [1.54, 1.807) is 48.5 Å². The third-order valence-electron chi connectivity index (χ3n) is 5.29. The van der Waals surface area contributed by atoms with Crippen molar-refractivity contribution < 1.29 is 28.7 Å². The number of rotatable bonds is 7. The summed E-state index contributed by atoms with van der Waals surface area (Å²) in [6.45, 7) is 1.53. The van der Waals surface area contributed by atoms with Crippen LogP contribution in [0.25, 0.3) is 6.08 Å². The number of anilines is 1. The maximum absolute atomic E-state index is 12.8. The molecule has 10 heteroatoms. The van der Waals surface area contributed by atoms with Gasteiger partial charge < -0.3 is 14.8 Å². The molecule has 1 N–H and O–H groups in total. The molecule has 3 aromatic carbocycles. The molecule has 4 rings (SSSR count). The van der Waals surface area contributed by atoms with Crippen molar-refractivity contribution in [3.05, 3.63) is 91.9 Å². The van der Waals surface area contributed by atoms with Gasteiger partial charge in [-0.25, -0.2) is 4.79 Å². The van der Waals surface area contributed by atoms with Gasteiger partial charge in [-0.2, -0.15) is 0 Å². The molecule has 3 amide bonds. The van der Waals surface area contributed by atoms with Crippen LogP contribution in [-0.2, 0) is 9.59 Å². The largest absolute Gasteiger partial charge is 0.493 e. The maximum Gasteiger partial charge on any atom is 0.344 e. The fourth-order valence-corrected chi connectivity index (χ4v) is 4.85. The molecule has 1 fully saturated rings. The Balaban J connectivity index is 1.46. The average molecular weight is 628 g/mol. The van der Waals surface area contributed by atoms with Crippen molar-refractivity contribution >= 4 is 69.1 Å². The van der Waals surface area contributed by atoms with E-state index in [9.17, 15) is 19.2 Å². The highest BCUT2D eigenvalue weighted by Crippen LogP contribution is 2.35. The van der Waals surface area contributed by atoms with Gasteiger partial charge in [-0.3, -0.25) is 19.3 Å². The van der Waals surface area contributed by atoms with Crippen molar-refractivity contribution in [3.63, 3.8) is 0 Å². The summed E-state index contributed by atoms with van der Waals surface area (Å²) in [6.07, 6.45) is 1.52. The maximum atomic E-state index is 12.8. The fraction of sp³-hybridized carbons (Fsp3) is 0.111. The zero-order valence-electron chi connectivity index (χ0n) is 19.8. The van der Waals surface area contributed by atoms with Crippen LogP contribution in [0, 0.1) is 10.5 Å². The minimum Gasteiger partial charge on any atom is -0.493 e. The molecule has 0 saturated carbocycles. The van der Waals surface area contributed by atoms with Gasteiger partial charge in [0.15, 0.2) is 11.5 Å². The molecule has 1 heterocycles. The number of aryl methyl sites for hydroxylation is 1. The molecule has 188 valence electrons. The molecule has 1 aliphatic rings. The van der Waals surface area contributed by atoms with Crippen LogP contribution in [0.4, 0.5) is 10.5 Å². The molecular weight excluding hydrogens is 607 g/mol. The van der Waals surface area contributed by atoms with Gasteiger partial charge in [-0.05, 0) is 89.3 Å². The predicted octanol–water partition coefficient (Wildman–Crippen LogP) is 5.50. The Hall–Kier alpha value is -3.64. The third-order valence-corrected chi connectivity index (χ3v) is 7.14. The molecule has 1 saturated heterocycles. The summed E-state index contributed by atoms with van der Waals surface area (Å²) in [6, 6.07) is 19.0. The minimum atomic E-state index is -0.567. The van der Waals surface area contributed by atoms with Gasteiger partial charge >= 0.3 is 5.97 Å². The van der Waals surface area contributed by atoms with Gasteiger partial charge in [0, 0.05) is 9.26 Å². The van der Waals surface area contributed by atoms with Gasteiger partial charge in [-0.15, -0.1) is 0 Å². The van der Waals surface area contributed by atoms with E-state index < -0.39 is 29.6 Å². The topological polar surface area (TPSA) is 102 Å². The number of ether oxygens (including phenoxy) is 2. The molecule has 0 unspecified atom stereocenters. The van der Waals surface area contributed by atoms with Crippen molar-refractivity contribution in [2.45, 2.75) is 6.92 Å². The Morgan fingerprint density at radius 2 is 1.76 bits per heavy atom. The quantitative estimate of drug-likeness (QED) is 0.160. The van der Waals surface area contributed by atoms with E-state index in [4.69, 9.17) is 9.47 Å². The molecule has 0 spiro atoms. The number of amides is 3. The Morgan fingerprint density at radius 1 is 1.03 bits per heavy atom. The van der Waals surface area contributed by atoms with E-state index in [2.05, 4.69) is 27.9 Å². The molecule has 1 aliphatic heterocycles. The first kappa shape index (κ1) is 26.4. The third kappa shape index (κ3) is 6.38. The number of methoxy groups -OCH3 is 1. The van der Waals surface area contributed by atoms with Crippen molar-refractivity contribution in [2.75, 3.05) is 19.0 Å². The van der Waals surface area contributed by atoms with E-state index in [-0.39, 0.29) is 16.4 Å².